The summed E-state index contributed by atoms with van der Waals surface area (Å²) in [7, 11) is 0. The van der Waals surface area contributed by atoms with Crippen molar-refractivity contribution in [3.8, 4) is 11.5 Å². The number of hydrogen-bond acceptors (Lipinski definition) is 4. The summed E-state index contributed by atoms with van der Waals surface area (Å²) in [5.41, 5.74) is 7.12. The molecule has 0 radical (unpaired) electrons. The van der Waals surface area contributed by atoms with Gasteiger partial charge in [0.1, 0.15) is 6.26 Å². The van der Waals surface area contributed by atoms with Crippen LogP contribution in [0.5, 0.6) is 0 Å². The van der Waals surface area contributed by atoms with Crippen LogP contribution in [0.25, 0.3) is 11.5 Å². The second kappa shape index (κ2) is 6.50. The Morgan fingerprint density at radius 3 is 2.77 bits per heavy atom. The summed E-state index contributed by atoms with van der Waals surface area (Å²) in [4.78, 5) is 16.4. The monoisotopic (exact) mass is 319 g/mol. The average molecular weight is 320 g/mol. The zero-order chi connectivity index (χ0) is 15.5. The first-order valence-electron chi connectivity index (χ1n) is 7.35. The first kappa shape index (κ1) is 15.1. The Morgan fingerprint density at radius 1 is 1.41 bits per heavy atom. The maximum Gasteiger partial charge on any atom is 0.226 e. The molecule has 0 spiro atoms. The molecule has 22 heavy (non-hydrogen) atoms. The molecule has 1 aromatic carbocycles. The average Bonchev–Trinajstić information content (AvgIpc) is 3.25. The van der Waals surface area contributed by atoms with Crippen LogP contribution in [0.3, 0.4) is 0 Å². The van der Waals surface area contributed by atoms with E-state index in [1.165, 1.54) is 6.26 Å². The smallest absolute Gasteiger partial charge is 0.226 e. The standard InChI is InChI=1S/C16H18ClN3O2/c17-12-5-3-11(4-6-12)16-19-13(9-22-16)7-15(21)20-14(8-18)10-1-2-10/h3-6,9-10,14H,1-2,7-8,18H2,(H,20,21). The molecule has 1 atom stereocenters. The summed E-state index contributed by atoms with van der Waals surface area (Å²) < 4.78 is 5.42. The lowest BCUT2D eigenvalue weighted by Crippen LogP contribution is -2.42. The van der Waals surface area contributed by atoms with Crippen molar-refractivity contribution in [3.63, 3.8) is 0 Å². The van der Waals surface area contributed by atoms with Gasteiger partial charge in [-0.1, -0.05) is 11.6 Å². The highest BCUT2D eigenvalue weighted by Gasteiger charge is 2.31. The maximum atomic E-state index is 12.0. The Morgan fingerprint density at radius 2 is 2.14 bits per heavy atom. The molecule has 1 unspecified atom stereocenters. The lowest BCUT2D eigenvalue weighted by molar-refractivity contribution is -0.121. The van der Waals surface area contributed by atoms with E-state index < -0.39 is 0 Å². The number of nitrogens with zero attached hydrogens (tertiary/aromatic N) is 1. The van der Waals surface area contributed by atoms with Gasteiger partial charge in [-0.25, -0.2) is 4.98 Å². The fourth-order valence-electron chi connectivity index (χ4n) is 2.40. The third-order valence-electron chi connectivity index (χ3n) is 3.78. The van der Waals surface area contributed by atoms with Gasteiger partial charge in [0.2, 0.25) is 11.8 Å². The van der Waals surface area contributed by atoms with Gasteiger partial charge in [0, 0.05) is 23.2 Å². The number of benzene rings is 1. The number of oxazole rings is 1. The number of hydrogen-bond donors (Lipinski definition) is 2. The first-order valence-corrected chi connectivity index (χ1v) is 7.73. The van der Waals surface area contributed by atoms with Crippen LogP contribution < -0.4 is 11.1 Å². The van der Waals surface area contributed by atoms with E-state index in [4.69, 9.17) is 21.8 Å². The maximum absolute atomic E-state index is 12.0. The zero-order valence-corrected chi connectivity index (χ0v) is 12.8. The van der Waals surface area contributed by atoms with Gasteiger partial charge in [-0.3, -0.25) is 4.79 Å². The highest BCUT2D eigenvalue weighted by Crippen LogP contribution is 2.32. The largest absolute Gasteiger partial charge is 0.444 e. The quantitative estimate of drug-likeness (QED) is 0.856. The molecule has 6 heteroatoms. The zero-order valence-electron chi connectivity index (χ0n) is 12.1. The van der Waals surface area contributed by atoms with Crippen LogP contribution in [0, 0.1) is 5.92 Å². The van der Waals surface area contributed by atoms with E-state index in [2.05, 4.69) is 10.3 Å². The van der Waals surface area contributed by atoms with Crippen molar-refractivity contribution in [2.75, 3.05) is 6.54 Å². The summed E-state index contributed by atoms with van der Waals surface area (Å²) in [6.45, 7) is 0.477. The Balaban J connectivity index is 1.61. The summed E-state index contributed by atoms with van der Waals surface area (Å²) in [5.74, 6) is 0.950. The Hall–Kier alpha value is -1.85. The Labute approximate surface area is 133 Å². The minimum Gasteiger partial charge on any atom is -0.444 e. The molecule has 3 N–H and O–H groups in total. The van der Waals surface area contributed by atoms with E-state index in [-0.39, 0.29) is 18.4 Å². The number of rotatable bonds is 6. The first-order chi connectivity index (χ1) is 10.7. The van der Waals surface area contributed by atoms with Gasteiger partial charge in [-0.2, -0.15) is 0 Å². The van der Waals surface area contributed by atoms with Crippen molar-refractivity contribution in [1.82, 2.24) is 10.3 Å². The fraction of sp³-hybridized carbons (Fsp3) is 0.375. The van der Waals surface area contributed by atoms with Crippen molar-refractivity contribution in [3.05, 3.63) is 41.2 Å². The van der Waals surface area contributed by atoms with Gasteiger partial charge in [0.05, 0.1) is 12.1 Å². The van der Waals surface area contributed by atoms with Crippen molar-refractivity contribution in [2.24, 2.45) is 11.7 Å². The number of carbonyl (C=O) groups is 1. The number of halogens is 1. The lowest BCUT2D eigenvalue weighted by Gasteiger charge is -2.15. The number of nitrogens with one attached hydrogen (secondary N) is 1. The van der Waals surface area contributed by atoms with E-state index in [1.54, 1.807) is 12.1 Å². The molecule has 1 heterocycles. The third-order valence-corrected chi connectivity index (χ3v) is 4.03. The Kier molecular flexibility index (Phi) is 4.45. The van der Waals surface area contributed by atoms with Gasteiger partial charge in [0.15, 0.2) is 0 Å². The summed E-state index contributed by atoms with van der Waals surface area (Å²) in [6, 6.07) is 7.28. The normalized spacial score (nSPS) is 15.5. The van der Waals surface area contributed by atoms with Crippen LogP contribution in [-0.2, 0) is 11.2 Å². The second-order valence-corrected chi connectivity index (χ2v) is 6.01. The molecule has 2 aromatic rings. The molecule has 1 saturated carbocycles. The summed E-state index contributed by atoms with van der Waals surface area (Å²) >= 11 is 5.85. The molecule has 0 saturated heterocycles. The van der Waals surface area contributed by atoms with E-state index in [9.17, 15) is 4.79 Å². The molecule has 0 aliphatic heterocycles. The fourth-order valence-corrected chi connectivity index (χ4v) is 2.53. The molecule has 1 aliphatic rings. The van der Waals surface area contributed by atoms with E-state index in [1.807, 2.05) is 12.1 Å². The lowest BCUT2D eigenvalue weighted by atomic mass is 10.2. The van der Waals surface area contributed by atoms with Gasteiger partial charge in [-0.05, 0) is 43.0 Å². The molecular weight excluding hydrogens is 302 g/mol. The van der Waals surface area contributed by atoms with E-state index in [0.717, 1.165) is 18.4 Å². The number of amides is 1. The van der Waals surface area contributed by atoms with E-state index >= 15 is 0 Å². The van der Waals surface area contributed by atoms with E-state index in [0.29, 0.717) is 29.1 Å². The minimum absolute atomic E-state index is 0.0710. The number of aromatic nitrogens is 1. The van der Waals surface area contributed by atoms with Crippen LogP contribution in [0.4, 0.5) is 0 Å². The molecule has 0 bridgehead atoms. The number of nitrogens with two attached hydrogens (primary N) is 1. The molecule has 1 amide bonds. The van der Waals surface area contributed by atoms with Crippen LogP contribution in [0.1, 0.15) is 18.5 Å². The highest BCUT2D eigenvalue weighted by molar-refractivity contribution is 6.30. The third kappa shape index (κ3) is 3.67. The molecular formula is C16H18ClN3O2. The SMILES string of the molecule is NCC(NC(=O)Cc1coc(-c2ccc(Cl)cc2)n1)C1CC1. The van der Waals surface area contributed by atoms with Crippen molar-refractivity contribution in [2.45, 2.75) is 25.3 Å². The molecule has 1 aliphatic carbocycles. The van der Waals surface area contributed by atoms with Crippen LogP contribution in [-0.4, -0.2) is 23.5 Å². The summed E-state index contributed by atoms with van der Waals surface area (Å²) in [5, 5.41) is 3.63. The van der Waals surface area contributed by atoms with Crippen LogP contribution >= 0.6 is 11.6 Å². The van der Waals surface area contributed by atoms with Crippen LogP contribution in [0.2, 0.25) is 5.02 Å². The van der Waals surface area contributed by atoms with Crippen molar-refractivity contribution < 1.29 is 9.21 Å². The minimum atomic E-state index is -0.0710. The van der Waals surface area contributed by atoms with Crippen molar-refractivity contribution >= 4 is 17.5 Å². The predicted octanol–water partition coefficient (Wildman–Crippen LogP) is 2.39. The predicted molar refractivity (Wildman–Crippen MR) is 84.4 cm³/mol. The molecule has 116 valence electrons. The molecule has 1 aromatic heterocycles. The second-order valence-electron chi connectivity index (χ2n) is 5.57. The van der Waals surface area contributed by atoms with Gasteiger partial charge >= 0.3 is 0 Å². The molecule has 5 nitrogen and oxygen atoms in total. The van der Waals surface area contributed by atoms with Crippen LogP contribution in [0.15, 0.2) is 34.9 Å². The van der Waals surface area contributed by atoms with Crippen molar-refractivity contribution in [1.29, 1.82) is 0 Å². The topological polar surface area (TPSA) is 81.1 Å². The Bertz CT molecular complexity index is 650. The highest BCUT2D eigenvalue weighted by atomic mass is 35.5. The van der Waals surface area contributed by atoms with Gasteiger partial charge in [0.25, 0.3) is 0 Å². The molecule has 3 rings (SSSR count). The van der Waals surface area contributed by atoms with Gasteiger partial charge in [-0.15, -0.1) is 0 Å². The molecule has 1 fully saturated rings. The summed E-state index contributed by atoms with van der Waals surface area (Å²) in [6.07, 6.45) is 4.00. The van der Waals surface area contributed by atoms with Gasteiger partial charge < -0.3 is 15.5 Å². The number of carbonyl (C=O) groups excluding carboxylic acids is 1.